The van der Waals surface area contributed by atoms with Crippen molar-refractivity contribution in [3.05, 3.63) is 53.1 Å². The molecule has 4 N–H and O–H groups in total. The van der Waals surface area contributed by atoms with Crippen LogP contribution in [0.25, 0.3) is 0 Å². The number of benzene rings is 1. The summed E-state index contributed by atoms with van der Waals surface area (Å²) < 4.78 is 0. The van der Waals surface area contributed by atoms with E-state index in [-0.39, 0.29) is 5.91 Å². The number of aromatic nitrogens is 2. The van der Waals surface area contributed by atoms with Crippen molar-refractivity contribution in [2.45, 2.75) is 31.7 Å². The van der Waals surface area contributed by atoms with Crippen LogP contribution < -0.4 is 11.1 Å². The molecule has 1 amide bonds. The first kappa shape index (κ1) is 13.8. The summed E-state index contributed by atoms with van der Waals surface area (Å²) in [5.74, 6) is 0.322. The van der Waals surface area contributed by atoms with E-state index in [2.05, 4.69) is 21.4 Å². The number of aryl methyl sites for hydroxylation is 1. The number of aromatic amines is 1. The van der Waals surface area contributed by atoms with Crippen molar-refractivity contribution in [3.63, 3.8) is 0 Å². The lowest BCUT2D eigenvalue weighted by molar-refractivity contribution is 0.0950. The lowest BCUT2D eigenvalue weighted by Gasteiger charge is -2.24. The summed E-state index contributed by atoms with van der Waals surface area (Å²) in [4.78, 5) is 19.1. The van der Waals surface area contributed by atoms with Gasteiger partial charge in [0.1, 0.15) is 0 Å². The normalized spacial score (nSPS) is 17.3. The molecule has 3 rings (SSSR count). The molecule has 2 aromatic rings. The lowest BCUT2D eigenvalue weighted by Crippen LogP contribution is -2.24. The first-order chi connectivity index (χ1) is 10.3. The highest BCUT2D eigenvalue weighted by atomic mass is 16.1. The molecule has 5 heteroatoms. The van der Waals surface area contributed by atoms with E-state index in [1.807, 2.05) is 12.1 Å². The Kier molecular flexibility index (Phi) is 4.01. The number of hydrogen-bond donors (Lipinski definition) is 3. The van der Waals surface area contributed by atoms with Gasteiger partial charge in [0.25, 0.3) is 5.91 Å². The predicted octanol–water partition coefficient (Wildman–Crippen LogP) is 1.72. The molecule has 0 fully saturated rings. The highest BCUT2D eigenvalue weighted by Gasteiger charge is 2.20. The van der Waals surface area contributed by atoms with Gasteiger partial charge in [-0.3, -0.25) is 4.79 Å². The van der Waals surface area contributed by atoms with Crippen molar-refractivity contribution in [2.75, 3.05) is 6.54 Å². The zero-order valence-corrected chi connectivity index (χ0v) is 11.9. The van der Waals surface area contributed by atoms with Crippen LogP contribution in [-0.4, -0.2) is 22.4 Å². The summed E-state index contributed by atoms with van der Waals surface area (Å²) in [5, 5.41) is 2.90. The number of rotatable bonds is 4. The van der Waals surface area contributed by atoms with Crippen LogP contribution in [0.3, 0.4) is 0 Å². The molecule has 1 unspecified atom stereocenters. The SMILES string of the molecule is NCC1CCCc2ccc(C(=O)NCc3cnc[nH]3)cc21. The van der Waals surface area contributed by atoms with Crippen LogP contribution in [0.4, 0.5) is 0 Å². The molecule has 1 aromatic carbocycles. The van der Waals surface area contributed by atoms with E-state index in [4.69, 9.17) is 5.73 Å². The summed E-state index contributed by atoms with van der Waals surface area (Å²) in [6.07, 6.45) is 6.69. The molecule has 0 radical (unpaired) electrons. The summed E-state index contributed by atoms with van der Waals surface area (Å²) in [5.41, 5.74) is 10.0. The second kappa shape index (κ2) is 6.10. The Morgan fingerprint density at radius 2 is 2.38 bits per heavy atom. The van der Waals surface area contributed by atoms with Crippen molar-refractivity contribution in [1.29, 1.82) is 0 Å². The van der Waals surface area contributed by atoms with E-state index in [0.717, 1.165) is 18.5 Å². The summed E-state index contributed by atoms with van der Waals surface area (Å²) in [7, 11) is 0. The van der Waals surface area contributed by atoms with Gasteiger partial charge in [0, 0.05) is 11.8 Å². The van der Waals surface area contributed by atoms with E-state index in [1.165, 1.54) is 17.5 Å². The third-order valence-corrected chi connectivity index (χ3v) is 4.13. The summed E-state index contributed by atoms with van der Waals surface area (Å²) in [6, 6.07) is 5.98. The molecule has 21 heavy (non-hydrogen) atoms. The molecule has 1 aliphatic carbocycles. The molecule has 110 valence electrons. The summed E-state index contributed by atoms with van der Waals surface area (Å²) >= 11 is 0. The second-order valence-corrected chi connectivity index (χ2v) is 5.50. The van der Waals surface area contributed by atoms with Crippen molar-refractivity contribution < 1.29 is 4.79 Å². The Labute approximate surface area is 124 Å². The number of fused-ring (bicyclic) bond motifs is 1. The number of H-pyrrole nitrogens is 1. The topological polar surface area (TPSA) is 83.8 Å². The minimum atomic E-state index is -0.0613. The van der Waals surface area contributed by atoms with Crippen molar-refractivity contribution in [2.24, 2.45) is 5.73 Å². The largest absolute Gasteiger partial charge is 0.347 e. The molecular weight excluding hydrogens is 264 g/mol. The van der Waals surface area contributed by atoms with Gasteiger partial charge < -0.3 is 16.0 Å². The maximum absolute atomic E-state index is 12.2. The second-order valence-electron chi connectivity index (χ2n) is 5.50. The first-order valence-electron chi connectivity index (χ1n) is 7.36. The maximum atomic E-state index is 12.2. The van der Waals surface area contributed by atoms with Crippen LogP contribution in [-0.2, 0) is 13.0 Å². The van der Waals surface area contributed by atoms with Crippen molar-refractivity contribution in [3.8, 4) is 0 Å². The fraction of sp³-hybridized carbons (Fsp3) is 0.375. The zero-order chi connectivity index (χ0) is 14.7. The van der Waals surface area contributed by atoms with E-state index in [1.54, 1.807) is 12.5 Å². The number of nitrogens with zero attached hydrogens (tertiary/aromatic N) is 1. The van der Waals surface area contributed by atoms with Gasteiger partial charge in [-0.25, -0.2) is 4.98 Å². The Bertz CT molecular complexity index is 621. The van der Waals surface area contributed by atoms with Gasteiger partial charge in [-0.2, -0.15) is 0 Å². The molecule has 1 aromatic heterocycles. The zero-order valence-electron chi connectivity index (χ0n) is 11.9. The molecule has 0 aliphatic heterocycles. The number of nitrogens with one attached hydrogen (secondary N) is 2. The van der Waals surface area contributed by atoms with Gasteiger partial charge in [-0.1, -0.05) is 6.07 Å². The van der Waals surface area contributed by atoms with Gasteiger partial charge in [-0.15, -0.1) is 0 Å². The maximum Gasteiger partial charge on any atom is 0.251 e. The molecular formula is C16H20N4O. The average molecular weight is 284 g/mol. The third-order valence-electron chi connectivity index (χ3n) is 4.13. The van der Waals surface area contributed by atoms with E-state index < -0.39 is 0 Å². The number of carbonyl (C=O) groups excluding carboxylic acids is 1. The predicted molar refractivity (Wildman–Crippen MR) is 80.9 cm³/mol. The van der Waals surface area contributed by atoms with E-state index >= 15 is 0 Å². The van der Waals surface area contributed by atoms with Gasteiger partial charge in [0.2, 0.25) is 0 Å². The molecule has 1 atom stereocenters. The van der Waals surface area contributed by atoms with Crippen LogP contribution in [0.2, 0.25) is 0 Å². The third kappa shape index (κ3) is 2.97. The quantitative estimate of drug-likeness (QED) is 0.799. The Morgan fingerprint density at radius 1 is 1.48 bits per heavy atom. The minimum Gasteiger partial charge on any atom is -0.347 e. The first-order valence-corrected chi connectivity index (χ1v) is 7.36. The van der Waals surface area contributed by atoms with Crippen LogP contribution >= 0.6 is 0 Å². The van der Waals surface area contributed by atoms with E-state index in [9.17, 15) is 4.79 Å². The average Bonchev–Trinajstić information content (AvgIpc) is 3.05. The van der Waals surface area contributed by atoms with Gasteiger partial charge in [0.15, 0.2) is 0 Å². The van der Waals surface area contributed by atoms with Gasteiger partial charge >= 0.3 is 0 Å². The molecule has 1 heterocycles. The highest BCUT2D eigenvalue weighted by molar-refractivity contribution is 5.94. The number of nitrogens with two attached hydrogens (primary N) is 1. The fourth-order valence-electron chi connectivity index (χ4n) is 2.94. The molecule has 0 spiro atoms. The number of imidazole rings is 1. The molecule has 0 saturated heterocycles. The fourth-order valence-corrected chi connectivity index (χ4v) is 2.94. The van der Waals surface area contributed by atoms with Crippen molar-refractivity contribution >= 4 is 5.91 Å². The van der Waals surface area contributed by atoms with Crippen molar-refractivity contribution in [1.82, 2.24) is 15.3 Å². The molecule has 1 aliphatic rings. The molecule has 5 nitrogen and oxygen atoms in total. The standard InChI is InChI=1S/C16H20N4O/c17-7-13-3-1-2-11-4-5-12(6-15(11)13)16(21)19-9-14-8-18-10-20-14/h4-6,8,10,13H,1-3,7,9,17H2,(H,18,20)(H,19,21). The van der Waals surface area contributed by atoms with E-state index in [0.29, 0.717) is 24.6 Å². The highest BCUT2D eigenvalue weighted by Crippen LogP contribution is 2.31. The van der Waals surface area contributed by atoms with Crippen LogP contribution in [0, 0.1) is 0 Å². The number of amides is 1. The number of hydrogen-bond acceptors (Lipinski definition) is 3. The minimum absolute atomic E-state index is 0.0613. The van der Waals surface area contributed by atoms with Gasteiger partial charge in [-0.05, 0) is 55.0 Å². The monoisotopic (exact) mass is 284 g/mol. The Morgan fingerprint density at radius 3 is 3.14 bits per heavy atom. The molecule has 0 saturated carbocycles. The Hall–Kier alpha value is -2.14. The summed E-state index contributed by atoms with van der Waals surface area (Å²) in [6.45, 7) is 1.10. The van der Waals surface area contributed by atoms with Gasteiger partial charge in [0.05, 0.1) is 18.6 Å². The Balaban J connectivity index is 1.74. The smallest absolute Gasteiger partial charge is 0.251 e. The number of carbonyl (C=O) groups is 1. The lowest BCUT2D eigenvalue weighted by atomic mass is 9.82. The van der Waals surface area contributed by atoms with Crippen LogP contribution in [0.15, 0.2) is 30.7 Å². The van der Waals surface area contributed by atoms with Crippen LogP contribution in [0.5, 0.6) is 0 Å². The molecule has 0 bridgehead atoms. The van der Waals surface area contributed by atoms with Crippen LogP contribution in [0.1, 0.15) is 45.9 Å².